The summed E-state index contributed by atoms with van der Waals surface area (Å²) in [6.45, 7) is 9.16. The molecule has 0 bridgehead atoms. The van der Waals surface area contributed by atoms with Crippen molar-refractivity contribution < 1.29 is 19.4 Å². The summed E-state index contributed by atoms with van der Waals surface area (Å²) in [5.74, 6) is -1.62. The highest BCUT2D eigenvalue weighted by Crippen LogP contribution is 2.36. The first-order valence-electron chi connectivity index (χ1n) is 9.75. The number of esters is 1. The molecule has 27 heavy (non-hydrogen) atoms. The Morgan fingerprint density at radius 1 is 1.22 bits per heavy atom. The summed E-state index contributed by atoms with van der Waals surface area (Å²) in [7, 11) is 0. The molecule has 0 aliphatic heterocycles. The lowest BCUT2D eigenvalue weighted by Gasteiger charge is -2.37. The van der Waals surface area contributed by atoms with Gasteiger partial charge in [-0.15, -0.1) is 0 Å². The fraction of sp³-hybridized carbons (Fsp3) is 0.565. The number of hydrogen-bond donors (Lipinski definition) is 1. The van der Waals surface area contributed by atoms with Gasteiger partial charge in [0.05, 0.1) is 0 Å². The molecule has 1 aromatic rings. The van der Waals surface area contributed by atoms with E-state index in [9.17, 15) is 14.7 Å². The molecule has 148 valence electrons. The van der Waals surface area contributed by atoms with Crippen LogP contribution in [0.1, 0.15) is 65.4 Å². The molecule has 1 unspecified atom stereocenters. The fourth-order valence-corrected chi connectivity index (χ4v) is 3.82. The molecular formula is C23H32O4. The van der Waals surface area contributed by atoms with Crippen LogP contribution >= 0.6 is 0 Å². The molecule has 1 N–H and O–H groups in total. The molecule has 0 saturated carbocycles. The van der Waals surface area contributed by atoms with Crippen LogP contribution < -0.4 is 0 Å². The van der Waals surface area contributed by atoms with E-state index in [4.69, 9.17) is 4.74 Å². The number of ether oxygens (including phenoxy) is 1. The van der Waals surface area contributed by atoms with Gasteiger partial charge in [0, 0.05) is 17.8 Å². The first-order valence-corrected chi connectivity index (χ1v) is 9.75. The Balaban J connectivity index is 2.18. The van der Waals surface area contributed by atoms with E-state index in [0.717, 1.165) is 24.8 Å². The minimum Gasteiger partial charge on any atom is -0.457 e. The molecule has 0 spiro atoms. The van der Waals surface area contributed by atoms with E-state index in [-0.39, 0.29) is 11.7 Å². The van der Waals surface area contributed by atoms with Gasteiger partial charge >= 0.3 is 5.97 Å². The predicted molar refractivity (Wildman–Crippen MR) is 106 cm³/mol. The standard InChI is InChI=1S/C23H32O4/c1-15-11-13-19(14-12-15)23(4,5)27-22(26)21(25)20(16(2)17(3)24)18-9-7-6-8-10-18/h6-11,16,19-21,25H,12-14H2,1-5H3/t16?,19-,20+,21-/m1/s1. The van der Waals surface area contributed by atoms with Gasteiger partial charge in [0.2, 0.25) is 0 Å². The molecule has 0 heterocycles. The number of allylic oxidation sites excluding steroid dienone is 2. The Kier molecular flexibility index (Phi) is 6.99. The van der Waals surface area contributed by atoms with Gasteiger partial charge in [-0.2, -0.15) is 0 Å². The van der Waals surface area contributed by atoms with Gasteiger partial charge in [-0.3, -0.25) is 4.79 Å². The number of rotatable bonds is 7. The van der Waals surface area contributed by atoms with Gasteiger partial charge in [0.1, 0.15) is 11.4 Å². The molecule has 0 radical (unpaired) electrons. The maximum Gasteiger partial charge on any atom is 0.336 e. The van der Waals surface area contributed by atoms with Gasteiger partial charge < -0.3 is 9.84 Å². The average Bonchev–Trinajstić information content (AvgIpc) is 2.62. The van der Waals surface area contributed by atoms with Crippen molar-refractivity contribution in [3.8, 4) is 0 Å². The maximum absolute atomic E-state index is 12.8. The zero-order chi connectivity index (χ0) is 20.2. The first-order chi connectivity index (χ1) is 12.6. The van der Waals surface area contributed by atoms with Gasteiger partial charge in [-0.25, -0.2) is 4.79 Å². The highest BCUT2D eigenvalue weighted by atomic mass is 16.6. The second-order valence-electron chi connectivity index (χ2n) is 8.33. The van der Waals surface area contributed by atoms with Gasteiger partial charge in [0.15, 0.2) is 6.10 Å². The van der Waals surface area contributed by atoms with Crippen LogP contribution in [0.2, 0.25) is 0 Å². The quantitative estimate of drug-likeness (QED) is 0.568. The van der Waals surface area contributed by atoms with Crippen LogP contribution in [0.3, 0.4) is 0 Å². The molecule has 0 aromatic heterocycles. The van der Waals surface area contributed by atoms with Crippen molar-refractivity contribution in [2.24, 2.45) is 11.8 Å². The Hall–Kier alpha value is -1.94. The van der Waals surface area contributed by atoms with E-state index in [2.05, 4.69) is 13.0 Å². The zero-order valence-electron chi connectivity index (χ0n) is 17.1. The highest BCUT2D eigenvalue weighted by Gasteiger charge is 2.40. The molecule has 0 fully saturated rings. The van der Waals surface area contributed by atoms with E-state index in [1.807, 2.05) is 44.2 Å². The van der Waals surface area contributed by atoms with E-state index in [1.54, 1.807) is 6.92 Å². The lowest BCUT2D eigenvalue weighted by Crippen LogP contribution is -2.43. The molecular weight excluding hydrogens is 340 g/mol. The molecule has 1 aliphatic rings. The van der Waals surface area contributed by atoms with Crippen LogP contribution in [0.5, 0.6) is 0 Å². The molecule has 4 atom stereocenters. The molecule has 0 amide bonds. The number of ketones is 1. The van der Waals surface area contributed by atoms with Crippen molar-refractivity contribution >= 4 is 11.8 Å². The van der Waals surface area contributed by atoms with Crippen LogP contribution in [-0.2, 0) is 14.3 Å². The first kappa shape index (κ1) is 21.4. The third-order valence-corrected chi connectivity index (χ3v) is 5.93. The Labute approximate surface area is 162 Å². The van der Waals surface area contributed by atoms with E-state index in [1.165, 1.54) is 12.5 Å². The van der Waals surface area contributed by atoms with Crippen LogP contribution in [-0.4, -0.2) is 28.6 Å². The lowest BCUT2D eigenvalue weighted by molar-refractivity contribution is -0.174. The Bertz CT molecular complexity index is 690. The largest absolute Gasteiger partial charge is 0.457 e. The van der Waals surface area contributed by atoms with Crippen LogP contribution in [0.4, 0.5) is 0 Å². The average molecular weight is 373 g/mol. The van der Waals surface area contributed by atoms with Crippen molar-refractivity contribution in [2.75, 3.05) is 0 Å². The lowest BCUT2D eigenvalue weighted by atomic mass is 9.79. The molecule has 0 saturated heterocycles. The number of carbonyl (C=O) groups excluding carboxylic acids is 2. The van der Waals surface area contributed by atoms with Gasteiger partial charge in [-0.1, -0.05) is 48.9 Å². The second-order valence-corrected chi connectivity index (χ2v) is 8.33. The molecule has 4 nitrogen and oxygen atoms in total. The van der Waals surface area contributed by atoms with Gasteiger partial charge in [-0.05, 0) is 52.5 Å². The molecule has 1 aromatic carbocycles. The summed E-state index contributed by atoms with van der Waals surface area (Å²) in [6.07, 6.45) is 3.65. The fourth-order valence-electron chi connectivity index (χ4n) is 3.82. The summed E-state index contributed by atoms with van der Waals surface area (Å²) >= 11 is 0. The predicted octanol–water partition coefficient (Wildman–Crippen LogP) is 4.42. The van der Waals surface area contributed by atoms with Crippen molar-refractivity contribution in [1.82, 2.24) is 0 Å². The van der Waals surface area contributed by atoms with Crippen LogP contribution in [0.15, 0.2) is 42.0 Å². The monoisotopic (exact) mass is 372 g/mol. The zero-order valence-corrected chi connectivity index (χ0v) is 17.1. The van der Waals surface area contributed by atoms with E-state index in [0.29, 0.717) is 0 Å². The van der Waals surface area contributed by atoms with E-state index >= 15 is 0 Å². The van der Waals surface area contributed by atoms with E-state index < -0.39 is 29.5 Å². The normalized spacial score (nSPS) is 21.0. The number of Topliss-reactive ketones (excluding diaryl/α,β-unsaturated/α-hetero) is 1. The summed E-state index contributed by atoms with van der Waals surface area (Å²) in [5, 5.41) is 10.8. The van der Waals surface area contributed by atoms with Crippen molar-refractivity contribution in [3.05, 3.63) is 47.5 Å². The van der Waals surface area contributed by atoms with Crippen molar-refractivity contribution in [2.45, 2.75) is 71.5 Å². The number of hydrogen-bond acceptors (Lipinski definition) is 4. The number of benzene rings is 1. The topological polar surface area (TPSA) is 63.6 Å². The van der Waals surface area contributed by atoms with Crippen molar-refractivity contribution in [3.63, 3.8) is 0 Å². The number of aliphatic hydroxyl groups is 1. The molecule has 4 heteroatoms. The van der Waals surface area contributed by atoms with Crippen molar-refractivity contribution in [1.29, 1.82) is 0 Å². The Morgan fingerprint density at radius 3 is 2.37 bits per heavy atom. The highest BCUT2D eigenvalue weighted by molar-refractivity contribution is 5.82. The SMILES string of the molecule is CC(=O)C(C)[C@@H](c1ccccc1)[C@@H](O)C(=O)OC(C)(C)[C@@H]1CC=C(C)CC1. The van der Waals surface area contributed by atoms with Gasteiger partial charge in [0.25, 0.3) is 0 Å². The summed E-state index contributed by atoms with van der Waals surface area (Å²) in [6, 6.07) is 9.22. The summed E-state index contributed by atoms with van der Waals surface area (Å²) < 4.78 is 5.78. The third-order valence-electron chi connectivity index (χ3n) is 5.93. The minimum atomic E-state index is -1.38. The third kappa shape index (κ3) is 5.29. The minimum absolute atomic E-state index is 0.0668. The smallest absolute Gasteiger partial charge is 0.336 e. The van der Waals surface area contributed by atoms with Crippen LogP contribution in [0, 0.1) is 11.8 Å². The summed E-state index contributed by atoms with van der Waals surface area (Å²) in [4.78, 5) is 24.8. The molecule has 2 rings (SSSR count). The number of carbonyl (C=O) groups is 2. The maximum atomic E-state index is 12.8. The van der Waals surface area contributed by atoms with Crippen LogP contribution in [0.25, 0.3) is 0 Å². The second kappa shape index (κ2) is 8.83. The molecule has 1 aliphatic carbocycles. The Morgan fingerprint density at radius 2 is 1.85 bits per heavy atom. The summed E-state index contributed by atoms with van der Waals surface area (Å²) in [5.41, 5.74) is 1.46. The number of aliphatic hydroxyl groups excluding tert-OH is 1.